The standard InChI is InChI=1S/C16H24N4/c1-19(2,3)15-9-11-7-14-12(8-13(11)17-15)10-16(18-14)20(4,5)6/h7-10,17-18H,1-6H3/q+2. The molecule has 2 heterocycles. The molecule has 0 spiro atoms. The zero-order valence-electron chi connectivity index (χ0n) is 13.2. The molecule has 0 bridgehead atoms. The van der Waals surface area contributed by atoms with Crippen LogP contribution in [0.5, 0.6) is 0 Å². The number of hydrogen-bond donors (Lipinski definition) is 2. The van der Waals surface area contributed by atoms with E-state index in [9.17, 15) is 0 Å². The van der Waals surface area contributed by atoms with Gasteiger partial charge in [-0.05, 0) is 12.1 Å². The summed E-state index contributed by atoms with van der Waals surface area (Å²) in [4.78, 5) is 7.06. The fraction of sp³-hybridized carbons (Fsp3) is 0.375. The van der Waals surface area contributed by atoms with Crippen LogP contribution in [0.2, 0.25) is 0 Å². The zero-order valence-corrected chi connectivity index (χ0v) is 13.2. The van der Waals surface area contributed by atoms with Gasteiger partial charge in [-0.15, -0.1) is 0 Å². The zero-order chi connectivity index (χ0) is 14.7. The Morgan fingerprint density at radius 3 is 1.25 bits per heavy atom. The smallest absolute Gasteiger partial charge is 0.205 e. The molecule has 3 rings (SSSR count). The number of hydrogen-bond acceptors (Lipinski definition) is 0. The Labute approximate surface area is 119 Å². The van der Waals surface area contributed by atoms with E-state index in [1.807, 2.05) is 0 Å². The van der Waals surface area contributed by atoms with E-state index >= 15 is 0 Å². The van der Waals surface area contributed by atoms with Crippen LogP contribution in [0.1, 0.15) is 0 Å². The van der Waals surface area contributed by atoms with E-state index in [-0.39, 0.29) is 0 Å². The van der Waals surface area contributed by atoms with Crippen molar-refractivity contribution in [2.45, 2.75) is 0 Å². The van der Waals surface area contributed by atoms with E-state index in [4.69, 9.17) is 0 Å². The number of H-pyrrole nitrogens is 2. The Kier molecular flexibility index (Phi) is 2.56. The lowest BCUT2D eigenvalue weighted by Gasteiger charge is -2.20. The molecule has 0 fully saturated rings. The van der Waals surface area contributed by atoms with E-state index in [2.05, 4.69) is 76.5 Å². The molecule has 0 saturated carbocycles. The number of fused-ring (bicyclic) bond motifs is 2. The Morgan fingerprint density at radius 1 is 0.600 bits per heavy atom. The molecule has 0 aliphatic rings. The van der Waals surface area contributed by atoms with Crippen molar-refractivity contribution < 1.29 is 0 Å². The molecule has 0 radical (unpaired) electrons. The second-order valence-electron chi connectivity index (χ2n) is 7.36. The lowest BCUT2D eigenvalue weighted by molar-refractivity contribution is 0.476. The average Bonchev–Trinajstić information content (AvgIpc) is 2.85. The first-order valence-corrected chi connectivity index (χ1v) is 6.94. The minimum Gasteiger partial charge on any atom is -0.310 e. The second-order valence-corrected chi connectivity index (χ2v) is 7.36. The molecule has 20 heavy (non-hydrogen) atoms. The molecule has 106 valence electrons. The van der Waals surface area contributed by atoms with Crippen molar-refractivity contribution in [2.75, 3.05) is 42.3 Å². The SMILES string of the molecule is C[N+](C)(C)c1cc2cc3[nH]c([N+](C)(C)C)cc3cc2[nH]1. The topological polar surface area (TPSA) is 31.6 Å². The molecule has 0 unspecified atom stereocenters. The van der Waals surface area contributed by atoms with Crippen molar-refractivity contribution in [1.29, 1.82) is 0 Å². The molecule has 3 aromatic rings. The maximum atomic E-state index is 3.53. The summed E-state index contributed by atoms with van der Waals surface area (Å²) in [6, 6.07) is 8.95. The third kappa shape index (κ3) is 2.11. The van der Waals surface area contributed by atoms with Gasteiger partial charge in [-0.1, -0.05) is 0 Å². The molecule has 2 N–H and O–H groups in total. The molecule has 1 aromatic carbocycles. The summed E-state index contributed by atoms with van der Waals surface area (Å²) in [5, 5.41) is 2.52. The molecule has 0 amide bonds. The van der Waals surface area contributed by atoms with E-state index in [0.717, 1.165) is 8.97 Å². The van der Waals surface area contributed by atoms with Gasteiger partial charge in [-0.3, -0.25) is 8.97 Å². The summed E-state index contributed by atoms with van der Waals surface area (Å²) >= 11 is 0. The largest absolute Gasteiger partial charge is 0.310 e. The van der Waals surface area contributed by atoms with Gasteiger partial charge in [0.25, 0.3) is 0 Å². The molecule has 0 aliphatic carbocycles. The van der Waals surface area contributed by atoms with Crippen molar-refractivity contribution in [3.63, 3.8) is 0 Å². The summed E-state index contributed by atoms with van der Waals surface area (Å²) in [5.74, 6) is 2.44. The summed E-state index contributed by atoms with van der Waals surface area (Å²) < 4.78 is 1.60. The monoisotopic (exact) mass is 272 g/mol. The predicted octanol–water partition coefficient (Wildman–Crippen LogP) is 3.04. The Morgan fingerprint density at radius 2 is 0.950 bits per heavy atom. The van der Waals surface area contributed by atoms with Gasteiger partial charge in [0.1, 0.15) is 0 Å². The number of aromatic nitrogens is 2. The number of aromatic amines is 2. The quantitative estimate of drug-likeness (QED) is 0.672. The maximum absolute atomic E-state index is 3.53. The van der Waals surface area contributed by atoms with Crippen LogP contribution in [0.25, 0.3) is 21.8 Å². The van der Waals surface area contributed by atoms with E-state index in [1.54, 1.807) is 0 Å². The number of benzene rings is 1. The Hall–Kier alpha value is -1.78. The first-order chi connectivity index (χ1) is 9.14. The Bertz CT molecular complexity index is 664. The molecule has 0 saturated heterocycles. The van der Waals surface area contributed by atoms with Gasteiger partial charge in [-0.2, -0.15) is 0 Å². The first kappa shape index (κ1) is 13.2. The van der Waals surface area contributed by atoms with Crippen molar-refractivity contribution in [1.82, 2.24) is 18.9 Å². The minimum absolute atomic E-state index is 0.798. The third-order valence-corrected chi connectivity index (χ3v) is 3.78. The van der Waals surface area contributed by atoms with Crippen LogP contribution in [-0.2, 0) is 0 Å². The molecular formula is C16H24N4+2. The molecule has 4 nitrogen and oxygen atoms in total. The van der Waals surface area contributed by atoms with Crippen molar-refractivity contribution in [3.05, 3.63) is 24.3 Å². The van der Waals surface area contributed by atoms with Crippen LogP contribution in [0.3, 0.4) is 0 Å². The van der Waals surface area contributed by atoms with E-state index < -0.39 is 0 Å². The first-order valence-electron chi connectivity index (χ1n) is 6.94. The van der Waals surface area contributed by atoms with Gasteiger partial charge >= 0.3 is 0 Å². The van der Waals surface area contributed by atoms with E-state index in [0.29, 0.717) is 0 Å². The van der Waals surface area contributed by atoms with Gasteiger partial charge in [0.15, 0.2) is 0 Å². The van der Waals surface area contributed by atoms with Crippen LogP contribution >= 0.6 is 0 Å². The van der Waals surface area contributed by atoms with Crippen LogP contribution in [0.4, 0.5) is 11.6 Å². The van der Waals surface area contributed by atoms with Gasteiger partial charge in [0.05, 0.1) is 53.3 Å². The molecular weight excluding hydrogens is 248 g/mol. The molecule has 0 aliphatic heterocycles. The highest BCUT2D eigenvalue weighted by molar-refractivity contribution is 5.98. The number of nitrogens with zero attached hydrogens (tertiary/aromatic N) is 2. The normalized spacial score (nSPS) is 13.5. The predicted molar refractivity (Wildman–Crippen MR) is 89.3 cm³/mol. The number of nitrogens with one attached hydrogen (secondary N) is 2. The lowest BCUT2D eigenvalue weighted by atomic mass is 10.2. The van der Waals surface area contributed by atoms with Crippen molar-refractivity contribution in [3.8, 4) is 0 Å². The lowest BCUT2D eigenvalue weighted by Crippen LogP contribution is -2.35. The van der Waals surface area contributed by atoms with Gasteiger partial charge in [0.2, 0.25) is 11.6 Å². The fourth-order valence-electron chi connectivity index (χ4n) is 2.45. The molecule has 4 heteroatoms. The van der Waals surface area contributed by atoms with Gasteiger partial charge in [0, 0.05) is 22.9 Å². The summed E-state index contributed by atoms with van der Waals surface area (Å²) in [5.41, 5.74) is 2.40. The highest BCUT2D eigenvalue weighted by atomic mass is 15.3. The van der Waals surface area contributed by atoms with Gasteiger partial charge in [-0.25, -0.2) is 0 Å². The van der Waals surface area contributed by atoms with Gasteiger partial charge < -0.3 is 9.97 Å². The van der Waals surface area contributed by atoms with Crippen LogP contribution < -0.4 is 8.97 Å². The molecule has 2 aromatic heterocycles. The summed E-state index contributed by atoms with van der Waals surface area (Å²) in [6.45, 7) is 0. The maximum Gasteiger partial charge on any atom is 0.205 e. The van der Waals surface area contributed by atoms with Crippen LogP contribution in [0.15, 0.2) is 24.3 Å². The summed E-state index contributed by atoms with van der Waals surface area (Å²) in [6.07, 6.45) is 0. The fourth-order valence-corrected chi connectivity index (χ4v) is 2.45. The number of rotatable bonds is 2. The average molecular weight is 272 g/mol. The highest BCUT2D eigenvalue weighted by Gasteiger charge is 2.18. The highest BCUT2D eigenvalue weighted by Crippen LogP contribution is 2.30. The van der Waals surface area contributed by atoms with Crippen LogP contribution in [0, 0.1) is 0 Å². The number of quaternary nitrogens is 2. The molecule has 0 atom stereocenters. The third-order valence-electron chi connectivity index (χ3n) is 3.78. The van der Waals surface area contributed by atoms with E-state index in [1.165, 1.54) is 33.4 Å². The van der Waals surface area contributed by atoms with Crippen molar-refractivity contribution >= 4 is 33.4 Å². The Balaban J connectivity index is 2.20. The summed E-state index contributed by atoms with van der Waals surface area (Å²) in [7, 11) is 13.0. The van der Waals surface area contributed by atoms with Crippen molar-refractivity contribution in [2.24, 2.45) is 0 Å². The second kappa shape index (κ2) is 3.87. The van der Waals surface area contributed by atoms with Crippen LogP contribution in [-0.4, -0.2) is 52.3 Å². The minimum atomic E-state index is 0.798.